The van der Waals surface area contributed by atoms with Crippen LogP contribution >= 0.6 is 23.2 Å². The van der Waals surface area contributed by atoms with Gasteiger partial charge in [-0.25, -0.2) is 18.4 Å². The van der Waals surface area contributed by atoms with E-state index in [0.717, 1.165) is 76.6 Å². The van der Waals surface area contributed by atoms with Crippen LogP contribution in [-0.2, 0) is 42.9 Å². The molecule has 0 amide bonds. The van der Waals surface area contributed by atoms with Gasteiger partial charge in [-0.15, -0.1) is 0 Å². The van der Waals surface area contributed by atoms with Gasteiger partial charge in [0, 0.05) is 104 Å². The van der Waals surface area contributed by atoms with Gasteiger partial charge in [-0.05, 0) is 82.7 Å². The van der Waals surface area contributed by atoms with Crippen molar-refractivity contribution in [3.63, 3.8) is 0 Å². The Morgan fingerprint density at radius 2 is 1.10 bits per heavy atom. The van der Waals surface area contributed by atoms with Crippen molar-refractivity contribution in [1.82, 2.24) is 34.4 Å². The maximum Gasteiger partial charge on any atom is 0.259 e. The van der Waals surface area contributed by atoms with Crippen molar-refractivity contribution in [3.8, 4) is 22.3 Å². The molecule has 4 atom stereocenters. The third-order valence-electron chi connectivity index (χ3n) is 10.9. The topological polar surface area (TPSA) is 243 Å². The monoisotopic (exact) mass is 982 g/mol. The van der Waals surface area contributed by atoms with Crippen LogP contribution in [0.1, 0.15) is 52.8 Å². The van der Waals surface area contributed by atoms with Crippen molar-refractivity contribution in [3.05, 3.63) is 104 Å². The molecule has 0 aliphatic carbocycles. The van der Waals surface area contributed by atoms with Crippen LogP contribution in [0.4, 0.5) is 5.95 Å². The summed E-state index contributed by atoms with van der Waals surface area (Å²) < 4.78 is 46.6. The second-order valence-electron chi connectivity index (χ2n) is 16.0. The number of nitrogens with one attached hydrogen (secondary N) is 2. The van der Waals surface area contributed by atoms with E-state index in [1.807, 2.05) is 25.2 Å². The van der Waals surface area contributed by atoms with Gasteiger partial charge in [0.1, 0.15) is 36.2 Å². The first kappa shape index (κ1) is 51.5. The van der Waals surface area contributed by atoms with E-state index in [0.29, 0.717) is 55.5 Å². The molecule has 6 N–H and O–H groups in total. The molecule has 0 spiro atoms. The Morgan fingerprint density at radius 3 is 1.49 bits per heavy atom. The van der Waals surface area contributed by atoms with Crippen molar-refractivity contribution >= 4 is 61.1 Å². The molecule has 10 rings (SSSR count). The van der Waals surface area contributed by atoms with Gasteiger partial charge >= 0.3 is 0 Å². The minimum Gasteiger partial charge on any atom is -0.364 e. The van der Waals surface area contributed by atoms with E-state index in [9.17, 15) is 18.0 Å². The third-order valence-corrected chi connectivity index (χ3v) is 12.5. The molecule has 8 heterocycles. The van der Waals surface area contributed by atoms with E-state index in [1.54, 1.807) is 55.7 Å². The van der Waals surface area contributed by atoms with E-state index in [2.05, 4.69) is 30.6 Å². The normalized spacial score (nSPS) is 19.9. The van der Waals surface area contributed by atoms with Crippen molar-refractivity contribution in [2.75, 3.05) is 45.0 Å². The van der Waals surface area contributed by atoms with E-state index >= 15 is 0 Å². The Hall–Kier alpha value is -4.93. The number of aromatic nitrogens is 6. The first-order valence-corrected chi connectivity index (χ1v) is 24.6. The number of ether oxygens (including phenoxy) is 4. The van der Waals surface area contributed by atoms with Crippen LogP contribution in [-0.4, -0.2) is 102 Å². The van der Waals surface area contributed by atoms with Gasteiger partial charge in [-0.2, -0.15) is 9.97 Å². The molecule has 0 radical (unpaired) electrons. The summed E-state index contributed by atoms with van der Waals surface area (Å²) in [4.78, 5) is 42.1. The number of nitrogens with zero attached hydrogens (tertiary/aromatic N) is 6. The summed E-state index contributed by atoms with van der Waals surface area (Å²) in [5, 5.41) is 8.20. The summed E-state index contributed by atoms with van der Waals surface area (Å²) in [5.74, 6) is 0.458. The fourth-order valence-electron chi connectivity index (χ4n) is 7.32. The summed E-state index contributed by atoms with van der Waals surface area (Å²) in [6.45, 7) is 3.40. The van der Waals surface area contributed by atoms with Crippen LogP contribution in [0.2, 0.25) is 10.0 Å². The van der Waals surface area contributed by atoms with Crippen LogP contribution < -0.4 is 33.2 Å². The molecule has 4 aliphatic rings. The van der Waals surface area contributed by atoms with Crippen molar-refractivity contribution in [2.45, 2.75) is 81.4 Å². The number of hydrogen-bond donors (Lipinski definition) is 4. The molecule has 18 nitrogen and oxygen atoms in total. The zero-order valence-corrected chi connectivity index (χ0v) is 40.3. The van der Waals surface area contributed by atoms with E-state index in [1.165, 1.54) is 35.2 Å². The van der Waals surface area contributed by atoms with E-state index in [4.69, 9.17) is 53.6 Å². The molecule has 67 heavy (non-hydrogen) atoms. The van der Waals surface area contributed by atoms with Crippen LogP contribution in [0.3, 0.4) is 0 Å². The lowest BCUT2D eigenvalue weighted by molar-refractivity contribution is 0.0908. The lowest BCUT2D eigenvalue weighted by Crippen LogP contribution is -2.22. The molecule has 4 aliphatic heterocycles. The highest BCUT2D eigenvalue weighted by molar-refractivity contribution is 7.90. The summed E-state index contributed by atoms with van der Waals surface area (Å²) in [6, 6.07) is 17.7. The predicted molar refractivity (Wildman–Crippen MR) is 263 cm³/mol. The number of anilines is 1. The van der Waals surface area contributed by atoms with Crippen LogP contribution in [0.25, 0.3) is 44.3 Å². The molecule has 4 aromatic heterocycles. The van der Waals surface area contributed by atoms with Crippen LogP contribution in [0, 0.1) is 0 Å². The second-order valence-corrected chi connectivity index (χ2v) is 18.7. The first-order chi connectivity index (χ1) is 32.1. The molecule has 21 heteroatoms. The Bertz CT molecular complexity index is 2820. The Morgan fingerprint density at radius 1 is 0.657 bits per heavy atom. The highest BCUT2D eigenvalue weighted by Crippen LogP contribution is 2.28. The number of sulfone groups is 1. The van der Waals surface area contributed by atoms with Gasteiger partial charge in [-0.1, -0.05) is 59.6 Å². The molecule has 0 saturated carbocycles. The summed E-state index contributed by atoms with van der Waals surface area (Å²) in [6.07, 6.45) is 13.2. The number of halogens is 2. The number of rotatable bonds is 6. The van der Waals surface area contributed by atoms with Gasteiger partial charge in [0.15, 0.2) is 0 Å². The van der Waals surface area contributed by atoms with E-state index < -0.39 is 9.84 Å². The smallest absolute Gasteiger partial charge is 0.259 e. The van der Waals surface area contributed by atoms with Crippen LogP contribution in [0.5, 0.6) is 0 Å². The number of pyridine rings is 2. The number of nitrogens with two attached hydrogens (primary N) is 2. The lowest BCUT2D eigenvalue weighted by atomic mass is 10.1. The zero-order valence-electron chi connectivity index (χ0n) is 38.0. The molecular weight excluding hydrogens is 924 g/mol. The van der Waals surface area contributed by atoms with Crippen LogP contribution in [0.15, 0.2) is 87.8 Å². The second kappa shape index (κ2) is 24.4. The summed E-state index contributed by atoms with van der Waals surface area (Å²) in [7, 11) is 1.61. The maximum atomic E-state index is 12.8. The van der Waals surface area contributed by atoms with Gasteiger partial charge in [0.2, 0.25) is 20.9 Å². The lowest BCUT2D eigenvalue weighted by Gasteiger charge is -2.13. The highest BCUT2D eigenvalue weighted by atomic mass is 35.5. The molecule has 0 bridgehead atoms. The molecule has 362 valence electrons. The molecule has 2 aromatic carbocycles. The fourth-order valence-corrected chi connectivity index (χ4v) is 8.29. The molecule has 4 fully saturated rings. The molecule has 6 aromatic rings. The largest absolute Gasteiger partial charge is 0.364 e. The average Bonchev–Trinajstić information content (AvgIpc) is 4.19. The summed E-state index contributed by atoms with van der Waals surface area (Å²) in [5.41, 5.74) is 13.2. The number of fused-ring (bicyclic) bond motifs is 2. The molecule has 4 saturated heterocycles. The van der Waals surface area contributed by atoms with Gasteiger partial charge in [0.05, 0.1) is 0 Å². The van der Waals surface area contributed by atoms with E-state index in [-0.39, 0.29) is 42.0 Å². The number of aryl methyl sites for hydroxylation is 2. The predicted octanol–water partition coefficient (Wildman–Crippen LogP) is 6.00. The number of hydrogen-bond acceptors (Lipinski definition) is 16. The number of benzene rings is 2. The minimum absolute atomic E-state index is 0. The molecular formula is C46H60Cl2N10O8S. The van der Waals surface area contributed by atoms with Crippen molar-refractivity contribution < 1.29 is 28.8 Å². The fraction of sp³-hybridized carbons (Fsp3) is 0.435. The Kier molecular flexibility index (Phi) is 18.7. The highest BCUT2D eigenvalue weighted by Gasteiger charge is 2.19. The first-order valence-electron chi connectivity index (χ1n) is 22.0. The van der Waals surface area contributed by atoms with Gasteiger partial charge in [-0.3, -0.25) is 24.0 Å². The molecule has 4 unspecified atom stereocenters. The van der Waals surface area contributed by atoms with Gasteiger partial charge in [0.25, 0.3) is 11.1 Å². The Labute approximate surface area is 400 Å². The zero-order chi connectivity index (χ0) is 48.1. The maximum absolute atomic E-state index is 12.8. The summed E-state index contributed by atoms with van der Waals surface area (Å²) >= 11 is 12.4. The third kappa shape index (κ3) is 14.1. The Balaban J connectivity index is 0.000000182. The van der Waals surface area contributed by atoms with Crippen molar-refractivity contribution in [2.24, 2.45) is 25.6 Å². The van der Waals surface area contributed by atoms with Gasteiger partial charge < -0.3 is 35.7 Å². The quantitative estimate of drug-likeness (QED) is 0.140. The average molecular weight is 984 g/mol. The van der Waals surface area contributed by atoms with Crippen molar-refractivity contribution in [1.29, 1.82) is 0 Å². The minimum atomic E-state index is -3.55. The standard InChI is InChI=1S/C18H17ClN4O2.C15H12ClN3O3S.C5H11NO.2C4H9NO.H2/c1-23-16-11(10-20-18(22-16)21-15-7-4-8-25-15)9-13(17(23)24)12-5-2-3-6-14(12)19;1-19-13-9(8-17-15(18-13)23(2,21)22)7-11(14(19)20)10-5-3-4-6-12(10)16;1-6-5-3-2-4-7-5;2*5-4-2-1-3-6-4;/h2-3,5-6,9-10,15H,4,7-8H2,1H3,(H,20,21,22);3-8H,1-2H3;5-6H,2-4H2,1H3;2*4H,1-3,5H2;1H. The SMILES string of the molecule is CNC1CCCO1.Cn1c(=O)c(-c2ccccc2Cl)cc2cnc(NC3CCCO3)nc21.Cn1c(=O)c(-c2ccccc2Cl)cc2cnc(S(C)(=O)=O)nc21.NC1CCCO1.NC1CCCO1.[HH].